The van der Waals surface area contributed by atoms with Crippen LogP contribution in [0.4, 0.5) is 15.6 Å². The van der Waals surface area contributed by atoms with Crippen LogP contribution in [0, 0.1) is 0 Å². The van der Waals surface area contributed by atoms with Crippen LogP contribution in [0.2, 0.25) is 0 Å². The van der Waals surface area contributed by atoms with Gasteiger partial charge >= 0.3 is 12.1 Å². The molecule has 2 aromatic heterocycles. The molecule has 0 saturated heterocycles. The van der Waals surface area contributed by atoms with Gasteiger partial charge in [0.1, 0.15) is 12.3 Å². The van der Waals surface area contributed by atoms with Crippen LogP contribution in [0.15, 0.2) is 30.5 Å². The van der Waals surface area contributed by atoms with Gasteiger partial charge in [-0.3, -0.25) is 14.5 Å². The molecule has 1 aliphatic rings. The van der Waals surface area contributed by atoms with Gasteiger partial charge in [-0.2, -0.15) is 0 Å². The highest BCUT2D eigenvalue weighted by Gasteiger charge is 2.27. The molecule has 220 valence electrons. The number of pyridine rings is 1. The lowest BCUT2D eigenvalue weighted by Crippen LogP contribution is -2.39. The number of carbonyl (C=O) groups excluding carboxylic acids is 2. The normalized spacial score (nSPS) is 12.7. The molecule has 3 aromatic rings. The number of fused-ring (bicyclic) bond motifs is 2. The molecule has 1 aliphatic heterocycles. The van der Waals surface area contributed by atoms with Crippen LogP contribution < -0.4 is 15.0 Å². The second-order valence-corrected chi connectivity index (χ2v) is 11.5. The summed E-state index contributed by atoms with van der Waals surface area (Å²) in [5, 5.41) is 12.2. The molecule has 1 aromatic carbocycles. The van der Waals surface area contributed by atoms with Gasteiger partial charge in [-0.25, -0.2) is 14.8 Å². The number of carboxylic acid groups (broad SMARTS) is 1. The SMILES string of the molecule is CC(C)OC(=O)N1CCOc2ncc(-c3ccc4nc(NC(=O)CCCCCCCCCCC(=O)O)sc4c3)cc21. The first kappa shape index (κ1) is 30.2. The number of nitrogens with zero attached hydrogens (tertiary/aromatic N) is 3. The van der Waals surface area contributed by atoms with Crippen LogP contribution in [0.5, 0.6) is 5.88 Å². The van der Waals surface area contributed by atoms with Crippen LogP contribution in [0.1, 0.15) is 78.1 Å². The largest absolute Gasteiger partial charge is 0.481 e. The fraction of sp³-hybridized carbons (Fsp3) is 0.500. The number of nitrogens with one attached hydrogen (secondary N) is 1. The van der Waals surface area contributed by atoms with Gasteiger partial charge in [0.05, 0.1) is 22.9 Å². The van der Waals surface area contributed by atoms with E-state index >= 15 is 0 Å². The average Bonchev–Trinajstić information content (AvgIpc) is 3.34. The number of amides is 2. The van der Waals surface area contributed by atoms with Crippen molar-refractivity contribution in [1.29, 1.82) is 0 Å². The first-order valence-corrected chi connectivity index (χ1v) is 15.2. The van der Waals surface area contributed by atoms with Gasteiger partial charge in [-0.1, -0.05) is 55.9 Å². The van der Waals surface area contributed by atoms with E-state index < -0.39 is 12.1 Å². The van der Waals surface area contributed by atoms with Crippen molar-refractivity contribution in [1.82, 2.24) is 9.97 Å². The van der Waals surface area contributed by atoms with Crippen molar-refractivity contribution in [2.75, 3.05) is 23.4 Å². The second kappa shape index (κ2) is 14.8. The number of hydrogen-bond acceptors (Lipinski definition) is 8. The van der Waals surface area contributed by atoms with E-state index in [0.29, 0.717) is 36.3 Å². The summed E-state index contributed by atoms with van der Waals surface area (Å²) in [5.74, 6) is -0.361. The third kappa shape index (κ3) is 8.88. The summed E-state index contributed by atoms with van der Waals surface area (Å²) in [7, 11) is 0. The number of ether oxygens (including phenoxy) is 2. The molecular weight excluding hydrogens is 544 g/mol. The highest BCUT2D eigenvalue weighted by Crippen LogP contribution is 2.36. The number of benzene rings is 1. The van der Waals surface area contributed by atoms with Crippen molar-refractivity contribution < 1.29 is 29.0 Å². The zero-order valence-corrected chi connectivity index (χ0v) is 24.5. The summed E-state index contributed by atoms with van der Waals surface area (Å²) in [6.07, 6.45) is 9.69. The Labute approximate surface area is 244 Å². The summed E-state index contributed by atoms with van der Waals surface area (Å²) in [6, 6.07) is 7.75. The molecule has 0 atom stereocenters. The van der Waals surface area contributed by atoms with Gasteiger partial charge in [0.15, 0.2) is 5.13 Å². The number of rotatable bonds is 14. The predicted octanol–water partition coefficient (Wildman–Crippen LogP) is 7.03. The number of unbranched alkanes of at least 4 members (excludes halogenated alkanes) is 7. The van der Waals surface area contributed by atoms with Crippen LogP contribution in [0.25, 0.3) is 21.3 Å². The maximum Gasteiger partial charge on any atom is 0.414 e. The highest BCUT2D eigenvalue weighted by atomic mass is 32.1. The van der Waals surface area contributed by atoms with E-state index in [4.69, 9.17) is 14.6 Å². The summed E-state index contributed by atoms with van der Waals surface area (Å²) < 4.78 is 12.0. The fourth-order valence-corrected chi connectivity index (χ4v) is 5.60. The van der Waals surface area contributed by atoms with Gasteiger partial charge in [-0.15, -0.1) is 0 Å². The van der Waals surface area contributed by atoms with E-state index in [0.717, 1.165) is 72.7 Å². The minimum absolute atomic E-state index is 0.0368. The first-order valence-electron chi connectivity index (χ1n) is 14.3. The average molecular weight is 583 g/mol. The van der Waals surface area contributed by atoms with Crippen molar-refractivity contribution in [2.45, 2.75) is 84.2 Å². The summed E-state index contributed by atoms with van der Waals surface area (Å²) in [6.45, 7) is 4.37. The van der Waals surface area contributed by atoms with E-state index in [1.165, 1.54) is 11.3 Å². The van der Waals surface area contributed by atoms with Gasteiger partial charge < -0.3 is 19.9 Å². The number of aromatic nitrogens is 2. The zero-order chi connectivity index (χ0) is 29.2. The smallest absolute Gasteiger partial charge is 0.414 e. The van der Waals surface area contributed by atoms with Crippen molar-refractivity contribution in [3.8, 4) is 17.0 Å². The Kier molecular flexibility index (Phi) is 10.9. The summed E-state index contributed by atoms with van der Waals surface area (Å²) in [5.41, 5.74) is 3.12. The lowest BCUT2D eigenvalue weighted by molar-refractivity contribution is -0.137. The Bertz CT molecular complexity index is 1360. The minimum Gasteiger partial charge on any atom is -0.481 e. The van der Waals surface area contributed by atoms with E-state index in [1.54, 1.807) is 11.1 Å². The molecule has 0 unspecified atom stereocenters. The first-order chi connectivity index (χ1) is 19.8. The monoisotopic (exact) mass is 582 g/mol. The minimum atomic E-state index is -0.725. The molecule has 41 heavy (non-hydrogen) atoms. The summed E-state index contributed by atoms with van der Waals surface area (Å²) >= 11 is 1.42. The van der Waals surface area contributed by atoms with Crippen LogP contribution in [0.3, 0.4) is 0 Å². The third-order valence-electron chi connectivity index (χ3n) is 6.75. The second-order valence-electron chi connectivity index (χ2n) is 10.5. The predicted molar refractivity (Wildman–Crippen MR) is 160 cm³/mol. The number of thiazole rings is 1. The maximum absolute atomic E-state index is 12.6. The van der Waals surface area contributed by atoms with E-state index in [2.05, 4.69) is 15.3 Å². The van der Waals surface area contributed by atoms with Crippen LogP contribution in [-0.4, -0.2) is 52.3 Å². The van der Waals surface area contributed by atoms with Crippen LogP contribution in [-0.2, 0) is 14.3 Å². The molecule has 11 heteroatoms. The van der Waals surface area contributed by atoms with Crippen molar-refractivity contribution in [3.05, 3.63) is 30.5 Å². The number of anilines is 2. The molecule has 0 radical (unpaired) electrons. The lowest BCUT2D eigenvalue weighted by atomic mass is 10.1. The molecule has 10 nitrogen and oxygen atoms in total. The Morgan fingerprint density at radius 3 is 2.44 bits per heavy atom. The van der Waals surface area contributed by atoms with Crippen LogP contribution >= 0.6 is 11.3 Å². The van der Waals surface area contributed by atoms with Crippen molar-refractivity contribution >= 4 is 50.3 Å². The molecule has 3 heterocycles. The maximum atomic E-state index is 12.6. The van der Waals surface area contributed by atoms with Gasteiger partial charge in [0, 0.05) is 24.6 Å². The number of carboxylic acids is 1. The van der Waals surface area contributed by atoms with E-state index in [-0.39, 0.29) is 18.4 Å². The molecule has 0 bridgehead atoms. The Balaban J connectivity index is 1.28. The third-order valence-corrected chi connectivity index (χ3v) is 7.68. The molecule has 0 saturated carbocycles. The number of aliphatic carboxylic acids is 1. The molecule has 2 amide bonds. The Morgan fingerprint density at radius 2 is 1.73 bits per heavy atom. The quantitative estimate of drug-likeness (QED) is 0.194. The molecule has 4 rings (SSSR count). The van der Waals surface area contributed by atoms with E-state index in [1.807, 2.05) is 38.1 Å². The summed E-state index contributed by atoms with van der Waals surface area (Å²) in [4.78, 5) is 46.2. The number of carbonyl (C=O) groups is 3. The van der Waals surface area contributed by atoms with Crippen molar-refractivity contribution in [2.24, 2.45) is 0 Å². The topological polar surface area (TPSA) is 131 Å². The highest BCUT2D eigenvalue weighted by molar-refractivity contribution is 7.22. The zero-order valence-electron chi connectivity index (χ0n) is 23.7. The number of hydrogen-bond donors (Lipinski definition) is 2. The van der Waals surface area contributed by atoms with Gasteiger partial charge in [0.2, 0.25) is 11.8 Å². The molecule has 2 N–H and O–H groups in total. The standard InChI is InChI=1S/C30H38N4O6S/c1-20(2)40-30(38)34-15-16-39-28-24(34)17-22(19-31-28)21-13-14-23-25(18-21)41-29(32-23)33-26(35)11-9-7-5-3-4-6-8-10-12-27(36)37/h13-14,17-20H,3-12,15-16H2,1-2H3,(H,36,37)(H,32,33,35). The Hall–Kier alpha value is -3.73. The molecule has 0 fully saturated rings. The van der Waals surface area contributed by atoms with Gasteiger partial charge in [-0.05, 0) is 50.5 Å². The van der Waals surface area contributed by atoms with E-state index in [9.17, 15) is 14.4 Å². The van der Waals surface area contributed by atoms with Crippen molar-refractivity contribution in [3.63, 3.8) is 0 Å². The molecule has 0 aliphatic carbocycles. The lowest BCUT2D eigenvalue weighted by Gasteiger charge is -2.29. The van der Waals surface area contributed by atoms with Gasteiger partial charge in [0.25, 0.3) is 0 Å². The molecule has 0 spiro atoms. The molecular formula is C30H38N4O6S. The fourth-order valence-electron chi connectivity index (χ4n) is 4.67. The Morgan fingerprint density at radius 1 is 1.02 bits per heavy atom.